The molecular weight excluding hydrogens is 275 g/mol. The van der Waals surface area contributed by atoms with Crippen molar-refractivity contribution in [3.8, 4) is 0 Å². The first-order valence-electron chi connectivity index (χ1n) is 11.1. The van der Waals surface area contributed by atoms with E-state index in [1.54, 1.807) is 0 Å². The van der Waals surface area contributed by atoms with E-state index in [9.17, 15) is 0 Å². The molecular formula is C22H41B. The maximum Gasteiger partial charge on any atom is 0.176 e. The zero-order valence-electron chi connectivity index (χ0n) is 16.1. The molecule has 2 fully saturated rings. The lowest BCUT2D eigenvalue weighted by Crippen LogP contribution is -2.32. The van der Waals surface area contributed by atoms with E-state index in [-0.39, 0.29) is 0 Å². The Labute approximate surface area is 147 Å². The average molecular weight is 316 g/mol. The highest BCUT2D eigenvalue weighted by Crippen LogP contribution is 2.45. The maximum atomic E-state index is 2.72. The second-order valence-electron chi connectivity index (χ2n) is 8.35. The summed E-state index contributed by atoms with van der Waals surface area (Å²) in [5.74, 6) is 2.05. The van der Waals surface area contributed by atoms with Crippen LogP contribution in [0.2, 0.25) is 11.6 Å². The van der Waals surface area contributed by atoms with Crippen molar-refractivity contribution in [2.24, 2.45) is 0 Å². The molecule has 132 valence electrons. The number of unbranched alkanes of at least 4 members (excludes halogenated alkanes) is 3. The Hall–Kier alpha value is -0.195. The van der Waals surface area contributed by atoms with Crippen LogP contribution < -0.4 is 0 Å². The molecule has 0 nitrogen and oxygen atoms in total. The highest BCUT2D eigenvalue weighted by Gasteiger charge is 2.36. The van der Waals surface area contributed by atoms with E-state index in [1.807, 2.05) is 5.47 Å². The van der Waals surface area contributed by atoms with Crippen molar-refractivity contribution < 1.29 is 0 Å². The SMILES string of the molecule is CCCC/C=C(\CCCC)B(C1CCCCC1)C1CCCCC1. The van der Waals surface area contributed by atoms with Gasteiger partial charge in [-0.15, -0.1) is 5.47 Å². The molecule has 2 aliphatic rings. The Morgan fingerprint density at radius 1 is 0.783 bits per heavy atom. The van der Waals surface area contributed by atoms with Crippen LogP contribution in [-0.4, -0.2) is 6.71 Å². The monoisotopic (exact) mass is 316 g/mol. The molecule has 2 saturated carbocycles. The molecule has 0 unspecified atom stereocenters. The van der Waals surface area contributed by atoms with Gasteiger partial charge in [0.1, 0.15) is 0 Å². The topological polar surface area (TPSA) is 0 Å². The first-order valence-corrected chi connectivity index (χ1v) is 11.1. The Morgan fingerprint density at radius 2 is 1.30 bits per heavy atom. The van der Waals surface area contributed by atoms with Crippen molar-refractivity contribution in [2.45, 2.75) is 128 Å². The second-order valence-corrected chi connectivity index (χ2v) is 8.35. The number of hydrogen-bond acceptors (Lipinski definition) is 0. The largest absolute Gasteiger partial charge is 0.176 e. The van der Waals surface area contributed by atoms with E-state index in [0.29, 0.717) is 0 Å². The van der Waals surface area contributed by atoms with Gasteiger partial charge in [0.2, 0.25) is 0 Å². The lowest BCUT2D eigenvalue weighted by Gasteiger charge is -2.37. The minimum absolute atomic E-state index is 0.957. The summed E-state index contributed by atoms with van der Waals surface area (Å²) >= 11 is 0. The van der Waals surface area contributed by atoms with Crippen molar-refractivity contribution in [3.05, 3.63) is 11.5 Å². The summed E-state index contributed by atoms with van der Waals surface area (Å²) in [7, 11) is 0. The molecule has 0 amide bonds. The van der Waals surface area contributed by atoms with Crippen LogP contribution in [0.1, 0.15) is 117 Å². The summed E-state index contributed by atoms with van der Waals surface area (Å²) < 4.78 is 0. The molecule has 0 radical (unpaired) electrons. The van der Waals surface area contributed by atoms with E-state index in [0.717, 1.165) is 18.3 Å². The fourth-order valence-corrected chi connectivity index (χ4v) is 5.25. The highest BCUT2D eigenvalue weighted by molar-refractivity contribution is 6.69. The van der Waals surface area contributed by atoms with Crippen LogP contribution in [0, 0.1) is 0 Å². The van der Waals surface area contributed by atoms with Crippen LogP contribution in [0.5, 0.6) is 0 Å². The minimum atomic E-state index is 0.957. The molecule has 0 atom stereocenters. The molecule has 23 heavy (non-hydrogen) atoms. The van der Waals surface area contributed by atoms with Crippen LogP contribution >= 0.6 is 0 Å². The quantitative estimate of drug-likeness (QED) is 0.298. The van der Waals surface area contributed by atoms with Gasteiger partial charge in [0.05, 0.1) is 0 Å². The second kappa shape index (κ2) is 11.4. The van der Waals surface area contributed by atoms with Crippen molar-refractivity contribution in [3.63, 3.8) is 0 Å². The molecule has 2 rings (SSSR count). The number of hydrogen-bond donors (Lipinski definition) is 0. The molecule has 1 heteroatoms. The van der Waals surface area contributed by atoms with Crippen molar-refractivity contribution in [1.29, 1.82) is 0 Å². The lowest BCUT2D eigenvalue weighted by molar-refractivity contribution is 0.462. The van der Waals surface area contributed by atoms with Gasteiger partial charge in [0, 0.05) is 0 Å². The van der Waals surface area contributed by atoms with Gasteiger partial charge >= 0.3 is 0 Å². The average Bonchev–Trinajstić information content (AvgIpc) is 2.61. The predicted molar refractivity (Wildman–Crippen MR) is 107 cm³/mol. The van der Waals surface area contributed by atoms with Gasteiger partial charge < -0.3 is 0 Å². The van der Waals surface area contributed by atoms with Crippen molar-refractivity contribution >= 4 is 6.71 Å². The van der Waals surface area contributed by atoms with Gasteiger partial charge in [-0.3, -0.25) is 0 Å². The maximum absolute atomic E-state index is 2.72. The summed E-state index contributed by atoms with van der Waals surface area (Å²) in [6.07, 6.45) is 26.1. The van der Waals surface area contributed by atoms with Crippen LogP contribution in [0.15, 0.2) is 11.5 Å². The summed E-state index contributed by atoms with van der Waals surface area (Å²) in [4.78, 5) is 0. The Kier molecular flexibility index (Phi) is 9.46. The van der Waals surface area contributed by atoms with Crippen LogP contribution in [-0.2, 0) is 0 Å². The van der Waals surface area contributed by atoms with Crippen molar-refractivity contribution in [1.82, 2.24) is 0 Å². The predicted octanol–water partition coefficient (Wildman–Crippen LogP) is 8.00. The fourth-order valence-electron chi connectivity index (χ4n) is 5.25. The van der Waals surface area contributed by atoms with E-state index in [2.05, 4.69) is 19.9 Å². The molecule has 2 aliphatic carbocycles. The zero-order valence-corrected chi connectivity index (χ0v) is 16.1. The lowest BCUT2D eigenvalue weighted by atomic mass is 9.26. The first kappa shape index (κ1) is 19.1. The molecule has 0 aromatic rings. The summed E-state index contributed by atoms with van der Waals surface area (Å²) in [5.41, 5.74) is 1.90. The summed E-state index contributed by atoms with van der Waals surface area (Å²) in [5, 5.41) is 0. The normalized spacial score (nSPS) is 21.6. The smallest absolute Gasteiger partial charge is 0.104 e. The van der Waals surface area contributed by atoms with Gasteiger partial charge in [0.25, 0.3) is 0 Å². The van der Waals surface area contributed by atoms with Crippen LogP contribution in [0.4, 0.5) is 0 Å². The molecule has 0 saturated heterocycles. The Balaban J connectivity index is 2.13. The van der Waals surface area contributed by atoms with Crippen LogP contribution in [0.3, 0.4) is 0 Å². The summed E-state index contributed by atoms with van der Waals surface area (Å²) in [6.45, 7) is 5.65. The Morgan fingerprint density at radius 3 is 1.78 bits per heavy atom. The third kappa shape index (κ3) is 6.31. The standard InChI is InChI=1S/C22H41B/c1-3-5-9-15-20(14-6-4-2)23(21-16-10-7-11-17-21)22-18-12-8-13-19-22/h15,21-22H,3-14,16-19H2,1-2H3/b20-15+. The molecule has 0 aromatic carbocycles. The number of allylic oxidation sites excluding steroid dienone is 2. The van der Waals surface area contributed by atoms with Gasteiger partial charge in [0.15, 0.2) is 6.71 Å². The highest BCUT2D eigenvalue weighted by atomic mass is 14.2. The molecule has 0 aromatic heterocycles. The van der Waals surface area contributed by atoms with Crippen LogP contribution in [0.25, 0.3) is 0 Å². The van der Waals surface area contributed by atoms with E-state index in [4.69, 9.17) is 0 Å². The molecule has 0 aliphatic heterocycles. The van der Waals surface area contributed by atoms with E-state index in [1.165, 1.54) is 103 Å². The third-order valence-electron chi connectivity index (χ3n) is 6.53. The molecule has 0 N–H and O–H groups in total. The van der Waals surface area contributed by atoms with E-state index >= 15 is 0 Å². The zero-order chi connectivity index (χ0) is 16.3. The van der Waals surface area contributed by atoms with Gasteiger partial charge in [-0.05, 0) is 12.8 Å². The van der Waals surface area contributed by atoms with Gasteiger partial charge in [-0.2, -0.15) is 0 Å². The summed E-state index contributed by atoms with van der Waals surface area (Å²) in [6, 6.07) is 0. The van der Waals surface area contributed by atoms with E-state index < -0.39 is 0 Å². The van der Waals surface area contributed by atoms with Crippen molar-refractivity contribution in [2.75, 3.05) is 0 Å². The Bertz CT molecular complexity index is 303. The van der Waals surface area contributed by atoms with Gasteiger partial charge in [-0.25, -0.2) is 0 Å². The molecule has 0 spiro atoms. The minimum Gasteiger partial charge on any atom is -0.104 e. The molecule has 0 heterocycles. The van der Waals surface area contributed by atoms with Gasteiger partial charge in [-0.1, -0.05) is 121 Å². The first-order chi connectivity index (χ1) is 11.4. The molecule has 0 bridgehead atoms. The third-order valence-corrected chi connectivity index (χ3v) is 6.53. The number of rotatable bonds is 9. The fraction of sp³-hybridized carbons (Fsp3) is 0.909.